The molecule has 6 saturated heterocycles. The Bertz CT molecular complexity index is 5420. The number of carbonyl (C=O) groups is 6. The number of fused-ring (bicyclic) bond motifs is 17. The molecule has 20 atom stereocenters. The van der Waals surface area contributed by atoms with Gasteiger partial charge in [0.2, 0.25) is 35.4 Å². The molecule has 6 bridgehead atoms. The van der Waals surface area contributed by atoms with Gasteiger partial charge in [-0.05, 0) is 217 Å². The number of hydrogen-bond donors (Lipinski definition) is 0. The second-order valence-electron chi connectivity index (χ2n) is 42.0. The van der Waals surface area contributed by atoms with Crippen LogP contribution in [0.3, 0.4) is 0 Å². The standard InChI is InChI=1S/C36H44F2N3O7.C35H46N3O7.C34H44N3O7.3V/c1-20-28(19-42)41-18-30(20)48-33-32(39-26-8-7-22(45-3)16-27(26)40-33)36(37,38)9-5-4-6-23-24-14-21(24)15-29(23)47-31(43)17-25(34(41)44)35(2)10-12-46-13-11-35;1-5-24-29(21-39)38-20-30(24)44-32-27(36-26-12-11-23(42-4)17-28(26)37-32)10-8-6-7-9-22-19-35(22,3)45-31(40)18-25(33(38)41)34(2)13-15-43-16-14-34;1-4-23-28(20-38)37-19-30(23)44-32-26(35-25-11-10-22(41-3)17-27(25)36-32)9-7-5-6-8-21-16-29(21)43-31(39)18-24(33(37)40)34(2)12-14-42-15-13-34;;;/h7-8,16,20-21,23-25,28-30H,4-6,9-15,17-18H2,1-3H3;11-12,17,22,24-25,29-30H,5-10,13-16,18-20H2,1-4H3;10-11,17,21,23-24,28-30H,4-9,12-16,18-19H2,1-3H3;;;/q3*-1;;;/t20-,21?,23+,24?,25+,28+,29+,30-;22-,24+,25-,29-,30+,35-;21-,23+,24-,28-,29-,30+;;;/m011.../s1. The van der Waals surface area contributed by atoms with Gasteiger partial charge in [0, 0.05) is 126 Å². The molecular weight excluding hydrogens is 1910 g/mol. The summed E-state index contributed by atoms with van der Waals surface area (Å²) in [4.78, 5) is 155. The van der Waals surface area contributed by atoms with Crippen LogP contribution in [0.2, 0.25) is 0 Å². The zero-order valence-corrected chi connectivity index (χ0v) is 86.4. The SMILES string of the molecule is CC[C@@H]1[C@@H]2CN(C(=O)[C@H](C3(C)CCOCC3)CC(=O)O[C@@H]3C[C@H]3CCCCCc3nc4ccc(OC)cc4nc3O2)[C@@H]1[C-]=O.CC[C@@H]1[C@@H]2CN(C(=O)[C@H](C3(C)CCOCC3)CC(=O)O[C@]3(C)C[C@H]3CCCCCc3nc4ccc(OC)cc4nc3O2)[C@@H]1[C-]=O.COc1ccc2nc3c(nc2c1)O[C@H]1CN(C(=O)[C@H](C2(C)CCOCC2)CC(=O)O[C@@H]2CC4CC4[C@H]2CCCCC3(F)F)[C@H]([C-]=O)[C@@H]1C.[V].[V].[V]. The fourth-order valence-corrected chi connectivity index (χ4v) is 23.9. The van der Waals surface area contributed by atoms with Gasteiger partial charge in [-0.2, -0.15) is 8.78 Å². The van der Waals surface area contributed by atoms with Crippen molar-refractivity contribution < 1.29 is 164 Å². The predicted octanol–water partition coefficient (Wildman–Crippen LogP) is 15.0. The van der Waals surface area contributed by atoms with Crippen LogP contribution < -0.4 is 28.4 Å². The van der Waals surface area contributed by atoms with Crippen molar-refractivity contribution in [2.24, 2.45) is 81.3 Å². The summed E-state index contributed by atoms with van der Waals surface area (Å²) >= 11 is 0. The summed E-state index contributed by atoms with van der Waals surface area (Å²) in [5.41, 5.74) is 2.46. The van der Waals surface area contributed by atoms with Gasteiger partial charge >= 0.3 is 17.9 Å². The van der Waals surface area contributed by atoms with Gasteiger partial charge in [0.05, 0.1) is 111 Å². The Labute approximate surface area is 854 Å². The summed E-state index contributed by atoms with van der Waals surface area (Å²) in [6.45, 7) is 17.2. The number of carbonyl (C=O) groups excluding carboxylic acids is 9. The molecule has 757 valence electrons. The molecule has 140 heavy (non-hydrogen) atoms. The number of methoxy groups -OCH3 is 3. The largest absolute Gasteiger partial charge is 0.540 e. The van der Waals surface area contributed by atoms with E-state index in [1.807, 2.05) is 70.4 Å². The van der Waals surface area contributed by atoms with Crippen LogP contribution >= 0.6 is 0 Å². The van der Waals surface area contributed by atoms with Crippen LogP contribution in [-0.2, 0) is 146 Å². The molecule has 19 rings (SSSR count). The van der Waals surface area contributed by atoms with Gasteiger partial charge in [0.15, 0.2) is 5.69 Å². The van der Waals surface area contributed by atoms with E-state index in [1.54, 1.807) is 49.1 Å². The van der Waals surface area contributed by atoms with E-state index >= 15 is 8.78 Å². The number of hydrogen-bond acceptors (Lipinski definition) is 27. The van der Waals surface area contributed by atoms with E-state index in [0.29, 0.717) is 186 Å². The molecule has 10 fully saturated rings. The Hall–Kier alpha value is -8.20. The number of amides is 3. The fourth-order valence-electron chi connectivity index (χ4n) is 23.9. The van der Waals surface area contributed by atoms with Crippen molar-refractivity contribution >= 4 is 87.6 Å². The van der Waals surface area contributed by atoms with Crippen LogP contribution in [0.4, 0.5) is 8.78 Å². The van der Waals surface area contributed by atoms with E-state index < -0.39 is 106 Å². The smallest absolute Gasteiger partial charge is 0.307 e. The first-order valence-corrected chi connectivity index (χ1v) is 50.3. The molecule has 0 N–H and O–H groups in total. The van der Waals surface area contributed by atoms with Crippen molar-refractivity contribution in [2.75, 3.05) is 80.6 Å². The van der Waals surface area contributed by atoms with Crippen LogP contribution in [0, 0.1) is 81.3 Å². The first-order valence-electron chi connectivity index (χ1n) is 50.3. The van der Waals surface area contributed by atoms with E-state index in [1.165, 1.54) is 12.0 Å². The zero-order valence-electron chi connectivity index (χ0n) is 82.2. The summed E-state index contributed by atoms with van der Waals surface area (Å²) < 4.78 is 103. The molecule has 3 aromatic heterocycles. The molecule has 4 aliphatic carbocycles. The maximum Gasteiger partial charge on any atom is 0.307 e. The van der Waals surface area contributed by atoms with Crippen LogP contribution in [0.25, 0.3) is 33.1 Å². The van der Waals surface area contributed by atoms with Gasteiger partial charge in [-0.25, -0.2) is 48.8 Å². The van der Waals surface area contributed by atoms with Crippen molar-refractivity contribution in [1.29, 1.82) is 0 Å². The van der Waals surface area contributed by atoms with Crippen molar-refractivity contribution in [2.45, 2.75) is 295 Å². The number of aromatic nitrogens is 6. The first kappa shape index (κ1) is 108. The van der Waals surface area contributed by atoms with E-state index in [2.05, 4.69) is 36.4 Å². The molecule has 3 radical (unpaired) electrons. The minimum atomic E-state index is -3.36. The number of nitrogens with zero attached hydrogens (tertiary/aromatic N) is 9. The summed E-state index contributed by atoms with van der Waals surface area (Å²) in [6, 6.07) is 13.5. The van der Waals surface area contributed by atoms with Crippen LogP contribution in [0.1, 0.15) is 239 Å². The molecule has 35 heteroatoms. The van der Waals surface area contributed by atoms with Gasteiger partial charge in [-0.1, -0.05) is 105 Å². The summed E-state index contributed by atoms with van der Waals surface area (Å²) in [7, 11) is 4.73. The Morgan fingerprint density at radius 3 is 1.29 bits per heavy atom. The van der Waals surface area contributed by atoms with E-state index in [0.717, 1.165) is 99.5 Å². The monoisotopic (exact) mass is 2050 g/mol. The van der Waals surface area contributed by atoms with Crippen molar-refractivity contribution in [3.05, 3.63) is 71.7 Å². The van der Waals surface area contributed by atoms with Crippen LogP contribution in [0.5, 0.6) is 34.9 Å². The number of esters is 3. The maximum absolute atomic E-state index is 16.1. The Kier molecular flexibility index (Phi) is 35.4. The maximum atomic E-state index is 16.1. The predicted molar refractivity (Wildman–Crippen MR) is 498 cm³/mol. The van der Waals surface area contributed by atoms with E-state index in [4.69, 9.17) is 76.8 Å². The fraction of sp³-hybridized carbons (Fsp3) is 0.686. The topological polar surface area (TPSA) is 351 Å². The van der Waals surface area contributed by atoms with Gasteiger partial charge in [-0.3, -0.25) is 28.8 Å². The van der Waals surface area contributed by atoms with Gasteiger partial charge in [0.25, 0.3) is 5.92 Å². The molecule has 0 spiro atoms. The minimum absolute atomic E-state index is 0. The quantitative estimate of drug-likeness (QED) is 0.0660. The zero-order chi connectivity index (χ0) is 96.4. The Morgan fingerprint density at radius 2 is 0.829 bits per heavy atom. The Balaban J connectivity index is 0.000000166. The molecule has 30 nitrogen and oxygen atoms in total. The molecule has 3 amide bonds. The van der Waals surface area contributed by atoms with Crippen LogP contribution in [-0.4, -0.2) is 234 Å². The summed E-state index contributed by atoms with van der Waals surface area (Å²) in [5, 5.41) is 0. The third kappa shape index (κ3) is 23.5. The Morgan fingerprint density at radius 1 is 0.421 bits per heavy atom. The summed E-state index contributed by atoms with van der Waals surface area (Å²) in [6.07, 6.45) is 22.9. The summed E-state index contributed by atoms with van der Waals surface area (Å²) in [5.74, 6) is -4.35. The second kappa shape index (κ2) is 46.0. The van der Waals surface area contributed by atoms with Crippen molar-refractivity contribution in [3.8, 4) is 34.9 Å². The molecule has 3 aromatic carbocycles. The first-order chi connectivity index (χ1) is 66.0. The van der Waals surface area contributed by atoms with E-state index in [9.17, 15) is 43.2 Å². The molecule has 2 unspecified atom stereocenters. The van der Waals surface area contributed by atoms with Crippen molar-refractivity contribution in [3.63, 3.8) is 0 Å². The van der Waals surface area contributed by atoms with Crippen LogP contribution in [0.15, 0.2) is 54.6 Å². The van der Waals surface area contributed by atoms with Gasteiger partial charge in [-0.15, -0.1) is 0 Å². The minimum Gasteiger partial charge on any atom is -0.540 e. The number of alkyl halides is 2. The third-order valence-electron chi connectivity index (χ3n) is 33.3. The van der Waals surface area contributed by atoms with E-state index in [-0.39, 0.29) is 172 Å². The van der Waals surface area contributed by atoms with Crippen molar-refractivity contribution in [1.82, 2.24) is 44.6 Å². The molecule has 9 aliphatic heterocycles. The number of ether oxygens (including phenoxy) is 12. The number of rotatable bonds is 11. The average molecular weight is 2050 g/mol. The number of aryl methyl sites for hydroxylation is 2. The second-order valence-corrected chi connectivity index (χ2v) is 42.0. The normalized spacial score (nSPS) is 32.1. The molecule has 4 saturated carbocycles. The third-order valence-corrected chi connectivity index (χ3v) is 33.3. The van der Waals surface area contributed by atoms with Gasteiger partial charge in [0.1, 0.15) is 64.8 Å². The number of halogens is 2. The van der Waals surface area contributed by atoms with Gasteiger partial charge < -0.3 is 85.9 Å². The molecule has 13 aliphatic rings. The molecular formula is C105H134F2N9O21V3-3. The number of benzene rings is 3. The average Bonchev–Trinajstić information content (AvgIpc) is 1.57. The molecule has 12 heterocycles. The molecule has 6 aromatic rings.